The molecule has 2 rings (SSSR count). The molecule has 0 bridgehead atoms. The normalized spacial score (nSPS) is 18.6. The van der Waals surface area contributed by atoms with Crippen LogP contribution in [0.3, 0.4) is 0 Å². The van der Waals surface area contributed by atoms with Crippen LogP contribution in [0, 0.1) is 0 Å². The Kier molecular flexibility index (Phi) is 4.27. The van der Waals surface area contributed by atoms with Crippen LogP contribution in [-0.2, 0) is 4.74 Å². The summed E-state index contributed by atoms with van der Waals surface area (Å²) in [6, 6.07) is 0.128. The minimum Gasteiger partial charge on any atom is -0.460 e. The van der Waals surface area contributed by atoms with E-state index in [4.69, 9.17) is 4.74 Å². The number of piperazine rings is 1. The maximum absolute atomic E-state index is 11.5. The number of nitrogens with one attached hydrogen (secondary N) is 2. The highest BCUT2D eigenvalue weighted by Crippen LogP contribution is 2.16. The number of carbonyl (C=O) groups is 1. The maximum Gasteiger partial charge on any atom is 0.378 e. The number of H-pyrrole nitrogens is 1. The molecule has 100 valence electrons. The van der Waals surface area contributed by atoms with Gasteiger partial charge in [-0.15, -0.1) is 5.10 Å². The van der Waals surface area contributed by atoms with Crippen LogP contribution in [0.5, 0.6) is 0 Å². The molecule has 0 radical (unpaired) electrons. The highest BCUT2D eigenvalue weighted by Gasteiger charge is 2.22. The predicted molar refractivity (Wildman–Crippen MR) is 65.2 cm³/mol. The van der Waals surface area contributed by atoms with E-state index in [-0.39, 0.29) is 11.9 Å². The van der Waals surface area contributed by atoms with Gasteiger partial charge in [-0.25, -0.2) is 9.78 Å². The predicted octanol–water partition coefficient (Wildman–Crippen LogP) is -0.0524. The second-order valence-corrected chi connectivity index (χ2v) is 4.23. The minimum atomic E-state index is -0.479. The fourth-order valence-corrected chi connectivity index (χ4v) is 1.99. The van der Waals surface area contributed by atoms with Gasteiger partial charge in [-0.05, 0) is 13.8 Å². The van der Waals surface area contributed by atoms with Crippen molar-refractivity contribution in [2.75, 3.05) is 32.8 Å². The smallest absolute Gasteiger partial charge is 0.378 e. The number of rotatable bonds is 4. The molecule has 2 N–H and O–H groups in total. The molecule has 1 unspecified atom stereocenters. The van der Waals surface area contributed by atoms with Gasteiger partial charge in [0.25, 0.3) is 5.82 Å². The van der Waals surface area contributed by atoms with E-state index in [1.165, 1.54) is 0 Å². The lowest BCUT2D eigenvalue weighted by Crippen LogP contribution is -2.44. The number of hydrogen-bond donors (Lipinski definition) is 2. The molecule has 2 heterocycles. The Bertz CT molecular complexity index is 400. The molecule has 1 aromatic heterocycles. The van der Waals surface area contributed by atoms with Crippen molar-refractivity contribution in [3.8, 4) is 0 Å². The van der Waals surface area contributed by atoms with E-state index in [9.17, 15) is 4.79 Å². The number of esters is 1. The molecule has 18 heavy (non-hydrogen) atoms. The van der Waals surface area contributed by atoms with E-state index in [0.29, 0.717) is 12.4 Å². The third kappa shape index (κ3) is 2.85. The third-order valence-electron chi connectivity index (χ3n) is 3.06. The Morgan fingerprint density at radius 1 is 1.50 bits per heavy atom. The molecular formula is C11H19N5O2. The number of ether oxygens (including phenoxy) is 1. The second-order valence-electron chi connectivity index (χ2n) is 4.23. The minimum absolute atomic E-state index is 0.105. The third-order valence-corrected chi connectivity index (χ3v) is 3.06. The van der Waals surface area contributed by atoms with Crippen LogP contribution < -0.4 is 5.32 Å². The Balaban J connectivity index is 2.02. The summed E-state index contributed by atoms with van der Waals surface area (Å²) in [4.78, 5) is 18.0. The number of aromatic nitrogens is 3. The monoisotopic (exact) mass is 253 g/mol. The quantitative estimate of drug-likeness (QED) is 0.732. The van der Waals surface area contributed by atoms with Crippen LogP contribution in [0.4, 0.5) is 0 Å². The standard InChI is InChI=1S/C11H19N5O2/c1-3-18-11(17)10-13-9(14-15-10)8(2)16-6-4-12-5-7-16/h8,12H,3-7H2,1-2H3,(H,13,14,15). The summed E-state index contributed by atoms with van der Waals surface area (Å²) < 4.78 is 4.86. The highest BCUT2D eigenvalue weighted by molar-refractivity contribution is 5.84. The summed E-state index contributed by atoms with van der Waals surface area (Å²) in [5, 5.41) is 10.0. The van der Waals surface area contributed by atoms with E-state index in [1.54, 1.807) is 6.92 Å². The molecule has 0 aromatic carbocycles. The average molecular weight is 253 g/mol. The zero-order chi connectivity index (χ0) is 13.0. The molecule has 1 aliphatic heterocycles. The van der Waals surface area contributed by atoms with Crippen molar-refractivity contribution in [3.05, 3.63) is 11.6 Å². The van der Waals surface area contributed by atoms with Gasteiger partial charge in [0.05, 0.1) is 12.6 Å². The lowest BCUT2D eigenvalue weighted by atomic mass is 10.2. The largest absolute Gasteiger partial charge is 0.460 e. The van der Waals surface area contributed by atoms with Gasteiger partial charge >= 0.3 is 5.97 Å². The van der Waals surface area contributed by atoms with Gasteiger partial charge in [0, 0.05) is 26.2 Å². The van der Waals surface area contributed by atoms with Gasteiger partial charge in [0.1, 0.15) is 5.82 Å². The SMILES string of the molecule is CCOC(=O)c1n[nH]c(C(C)N2CCNCC2)n1. The molecule has 1 atom stereocenters. The van der Waals surface area contributed by atoms with Crippen molar-refractivity contribution in [1.29, 1.82) is 0 Å². The molecule has 1 fully saturated rings. The summed E-state index contributed by atoms with van der Waals surface area (Å²) in [6.07, 6.45) is 0. The van der Waals surface area contributed by atoms with Crippen LogP contribution in [0.15, 0.2) is 0 Å². The van der Waals surface area contributed by atoms with Crippen LogP contribution >= 0.6 is 0 Å². The zero-order valence-corrected chi connectivity index (χ0v) is 10.8. The molecule has 7 heteroatoms. The molecule has 0 spiro atoms. The van der Waals surface area contributed by atoms with E-state index >= 15 is 0 Å². The molecule has 0 saturated carbocycles. The number of hydrogen-bond acceptors (Lipinski definition) is 6. The van der Waals surface area contributed by atoms with Gasteiger partial charge in [-0.1, -0.05) is 0 Å². The first-order chi connectivity index (χ1) is 8.72. The van der Waals surface area contributed by atoms with Crippen LogP contribution in [0.2, 0.25) is 0 Å². The van der Waals surface area contributed by atoms with Crippen molar-refractivity contribution in [1.82, 2.24) is 25.4 Å². The summed E-state index contributed by atoms with van der Waals surface area (Å²) in [5.74, 6) is 0.335. The van der Waals surface area contributed by atoms with E-state index in [0.717, 1.165) is 26.2 Å². The maximum atomic E-state index is 11.5. The number of aromatic amines is 1. The molecule has 1 aliphatic rings. The summed E-state index contributed by atoms with van der Waals surface area (Å²) in [6.45, 7) is 8.03. The lowest BCUT2D eigenvalue weighted by Gasteiger charge is -2.31. The Morgan fingerprint density at radius 2 is 2.22 bits per heavy atom. The van der Waals surface area contributed by atoms with Crippen molar-refractivity contribution >= 4 is 5.97 Å². The molecule has 7 nitrogen and oxygen atoms in total. The summed E-state index contributed by atoms with van der Waals surface area (Å²) >= 11 is 0. The Morgan fingerprint density at radius 3 is 2.89 bits per heavy atom. The first kappa shape index (κ1) is 13.0. The van der Waals surface area contributed by atoms with Gasteiger partial charge in [-0.3, -0.25) is 10.00 Å². The fourth-order valence-electron chi connectivity index (χ4n) is 1.99. The van der Waals surface area contributed by atoms with Crippen LogP contribution in [-0.4, -0.2) is 58.8 Å². The van der Waals surface area contributed by atoms with E-state index in [2.05, 4.69) is 32.3 Å². The topological polar surface area (TPSA) is 83.1 Å². The van der Waals surface area contributed by atoms with Crippen molar-refractivity contribution in [2.45, 2.75) is 19.9 Å². The highest BCUT2D eigenvalue weighted by atomic mass is 16.5. The summed E-state index contributed by atoms with van der Waals surface area (Å²) in [5.41, 5.74) is 0. The van der Waals surface area contributed by atoms with Crippen LogP contribution in [0.1, 0.15) is 36.3 Å². The molecule has 1 aromatic rings. The fraction of sp³-hybridized carbons (Fsp3) is 0.727. The van der Waals surface area contributed by atoms with E-state index < -0.39 is 5.97 Å². The number of nitrogens with zero attached hydrogens (tertiary/aromatic N) is 3. The zero-order valence-electron chi connectivity index (χ0n) is 10.8. The molecule has 0 aliphatic carbocycles. The lowest BCUT2D eigenvalue weighted by molar-refractivity contribution is 0.0512. The Hall–Kier alpha value is -1.47. The first-order valence-corrected chi connectivity index (χ1v) is 6.26. The van der Waals surface area contributed by atoms with Gasteiger partial charge < -0.3 is 10.1 Å². The average Bonchev–Trinajstić information content (AvgIpc) is 2.89. The van der Waals surface area contributed by atoms with Crippen molar-refractivity contribution in [2.24, 2.45) is 0 Å². The van der Waals surface area contributed by atoms with Gasteiger partial charge in [-0.2, -0.15) is 0 Å². The molecule has 0 amide bonds. The summed E-state index contributed by atoms with van der Waals surface area (Å²) in [7, 11) is 0. The second kappa shape index (κ2) is 5.92. The molecule has 1 saturated heterocycles. The van der Waals surface area contributed by atoms with Crippen LogP contribution in [0.25, 0.3) is 0 Å². The Labute approximate surface area is 106 Å². The van der Waals surface area contributed by atoms with Crippen molar-refractivity contribution in [3.63, 3.8) is 0 Å². The van der Waals surface area contributed by atoms with Gasteiger partial charge in [0.2, 0.25) is 0 Å². The number of carbonyl (C=O) groups excluding carboxylic acids is 1. The van der Waals surface area contributed by atoms with Crippen molar-refractivity contribution < 1.29 is 9.53 Å². The van der Waals surface area contributed by atoms with E-state index in [1.807, 2.05) is 0 Å². The molecular weight excluding hydrogens is 234 g/mol. The first-order valence-electron chi connectivity index (χ1n) is 6.26. The van der Waals surface area contributed by atoms with Gasteiger partial charge in [0.15, 0.2) is 0 Å².